The van der Waals surface area contributed by atoms with Crippen LogP contribution >= 0.6 is 11.8 Å². The molecule has 1 aromatic rings. The first-order valence-corrected chi connectivity index (χ1v) is 9.45. The minimum atomic E-state index is -0.435. The molecule has 22 heavy (non-hydrogen) atoms. The molecule has 1 amide bonds. The summed E-state index contributed by atoms with van der Waals surface area (Å²) in [5.41, 5.74) is 8.03. The molecule has 1 heterocycles. The lowest BCUT2D eigenvalue weighted by atomic mass is 10.1. The van der Waals surface area contributed by atoms with Crippen molar-refractivity contribution in [2.75, 3.05) is 30.4 Å². The van der Waals surface area contributed by atoms with Gasteiger partial charge in [-0.25, -0.2) is 0 Å². The van der Waals surface area contributed by atoms with Crippen LogP contribution in [-0.2, 0) is 11.3 Å². The second-order valence-electron chi connectivity index (χ2n) is 5.87. The van der Waals surface area contributed by atoms with Gasteiger partial charge in [-0.2, -0.15) is 11.8 Å². The number of anilines is 1. The normalized spacial score (nSPS) is 17.2. The first-order valence-electron chi connectivity index (χ1n) is 8.06. The van der Waals surface area contributed by atoms with Crippen molar-refractivity contribution in [3.05, 3.63) is 29.8 Å². The number of rotatable bonds is 7. The van der Waals surface area contributed by atoms with Crippen LogP contribution in [0.2, 0.25) is 0 Å². The molecule has 0 bridgehead atoms. The fourth-order valence-corrected chi connectivity index (χ4v) is 3.23. The van der Waals surface area contributed by atoms with E-state index in [9.17, 15) is 4.79 Å². The van der Waals surface area contributed by atoms with Crippen molar-refractivity contribution in [2.45, 2.75) is 38.3 Å². The molecule has 0 radical (unpaired) electrons. The smallest absolute Gasteiger partial charge is 0.241 e. The summed E-state index contributed by atoms with van der Waals surface area (Å²) in [6, 6.07) is 7.62. The number of hydrogen-bond acceptors (Lipinski definition) is 4. The molecular formula is C17H27N3OS. The van der Waals surface area contributed by atoms with Crippen LogP contribution in [0, 0.1) is 0 Å². The maximum absolute atomic E-state index is 12.2. The summed E-state index contributed by atoms with van der Waals surface area (Å²) in [7, 11) is 0. The summed E-state index contributed by atoms with van der Waals surface area (Å²) in [4.78, 5) is 14.7. The van der Waals surface area contributed by atoms with E-state index >= 15 is 0 Å². The second-order valence-corrected chi connectivity index (χ2v) is 6.86. The van der Waals surface area contributed by atoms with E-state index in [1.54, 1.807) is 11.8 Å². The maximum atomic E-state index is 12.2. The number of thioether (sulfide) groups is 1. The lowest BCUT2D eigenvalue weighted by molar-refractivity contribution is -0.117. The Morgan fingerprint density at radius 3 is 2.77 bits per heavy atom. The molecule has 0 spiro atoms. The van der Waals surface area contributed by atoms with Gasteiger partial charge in [-0.1, -0.05) is 24.6 Å². The van der Waals surface area contributed by atoms with E-state index in [1.165, 1.54) is 24.8 Å². The molecule has 0 unspecified atom stereocenters. The Hall–Kier alpha value is -1.04. The topological polar surface area (TPSA) is 58.4 Å². The number of nitrogens with two attached hydrogens (primary N) is 1. The Morgan fingerprint density at radius 1 is 1.32 bits per heavy atom. The summed E-state index contributed by atoms with van der Waals surface area (Å²) in [6.45, 7) is 3.20. The third kappa shape index (κ3) is 5.30. The Balaban J connectivity index is 1.96. The monoisotopic (exact) mass is 321 g/mol. The van der Waals surface area contributed by atoms with Crippen molar-refractivity contribution in [3.63, 3.8) is 0 Å². The van der Waals surface area contributed by atoms with Gasteiger partial charge in [0.15, 0.2) is 0 Å². The van der Waals surface area contributed by atoms with Gasteiger partial charge in [0.1, 0.15) is 0 Å². The summed E-state index contributed by atoms with van der Waals surface area (Å²) in [6.07, 6.45) is 6.61. The third-order valence-corrected chi connectivity index (χ3v) is 4.73. The summed E-state index contributed by atoms with van der Waals surface area (Å²) in [5.74, 6) is 0.824. The van der Waals surface area contributed by atoms with Crippen LogP contribution in [0.4, 0.5) is 5.69 Å². The zero-order valence-electron chi connectivity index (χ0n) is 13.4. The van der Waals surface area contributed by atoms with E-state index in [1.807, 2.05) is 24.5 Å². The van der Waals surface area contributed by atoms with E-state index in [-0.39, 0.29) is 5.91 Å². The average Bonchev–Trinajstić information content (AvgIpc) is 2.55. The van der Waals surface area contributed by atoms with Crippen LogP contribution in [0.1, 0.15) is 31.2 Å². The van der Waals surface area contributed by atoms with Gasteiger partial charge in [0.05, 0.1) is 6.04 Å². The molecule has 4 nitrogen and oxygen atoms in total. The van der Waals surface area contributed by atoms with Gasteiger partial charge in [0.25, 0.3) is 0 Å². The fraction of sp³-hybridized carbons (Fsp3) is 0.588. The van der Waals surface area contributed by atoms with Crippen molar-refractivity contribution in [1.29, 1.82) is 0 Å². The number of hydrogen-bond donors (Lipinski definition) is 2. The molecule has 5 heteroatoms. The number of carbonyl (C=O) groups excluding carboxylic acids is 1. The highest BCUT2D eigenvalue weighted by Crippen LogP contribution is 2.20. The molecule has 1 aliphatic rings. The van der Waals surface area contributed by atoms with Crippen LogP contribution in [0.15, 0.2) is 24.3 Å². The summed E-state index contributed by atoms with van der Waals surface area (Å²) < 4.78 is 0. The van der Waals surface area contributed by atoms with Gasteiger partial charge in [-0.3, -0.25) is 9.69 Å². The van der Waals surface area contributed by atoms with E-state index in [2.05, 4.69) is 16.3 Å². The molecule has 0 aliphatic carbocycles. The minimum absolute atomic E-state index is 0.0832. The highest BCUT2D eigenvalue weighted by molar-refractivity contribution is 7.98. The average molecular weight is 321 g/mol. The van der Waals surface area contributed by atoms with E-state index in [0.717, 1.165) is 31.1 Å². The largest absolute Gasteiger partial charge is 0.324 e. The Bertz CT molecular complexity index is 475. The van der Waals surface area contributed by atoms with Gasteiger partial charge >= 0.3 is 0 Å². The molecular weight excluding hydrogens is 294 g/mol. The standard InChI is InChI=1S/C17H27N3OS/c1-22-12-9-15(18)17(21)19-16-8-4-3-7-14(16)13-20-10-5-2-6-11-20/h3-4,7-8,15H,2,5-6,9-13,18H2,1H3,(H,19,21)/t15-/m0/s1. The maximum Gasteiger partial charge on any atom is 0.241 e. The Morgan fingerprint density at radius 2 is 2.05 bits per heavy atom. The van der Waals surface area contributed by atoms with Gasteiger partial charge in [-0.15, -0.1) is 0 Å². The lowest BCUT2D eigenvalue weighted by Crippen LogP contribution is -2.36. The summed E-state index contributed by atoms with van der Waals surface area (Å²) in [5, 5.41) is 3.01. The van der Waals surface area contributed by atoms with Crippen LogP contribution in [0.3, 0.4) is 0 Å². The van der Waals surface area contributed by atoms with Crippen molar-refractivity contribution in [3.8, 4) is 0 Å². The number of nitrogens with zero attached hydrogens (tertiary/aromatic N) is 1. The number of amides is 1. The van der Waals surface area contributed by atoms with Crippen molar-refractivity contribution in [2.24, 2.45) is 5.73 Å². The fourth-order valence-electron chi connectivity index (χ4n) is 2.74. The molecule has 3 N–H and O–H groups in total. The number of nitrogens with one attached hydrogen (secondary N) is 1. The summed E-state index contributed by atoms with van der Waals surface area (Å²) >= 11 is 1.71. The molecule has 0 aromatic heterocycles. The highest BCUT2D eigenvalue weighted by Gasteiger charge is 2.16. The van der Waals surface area contributed by atoms with Gasteiger partial charge in [0.2, 0.25) is 5.91 Å². The number of piperidine rings is 1. The zero-order chi connectivity index (χ0) is 15.8. The number of benzene rings is 1. The predicted octanol–water partition coefficient (Wildman–Crippen LogP) is 2.69. The molecule has 1 aromatic carbocycles. The van der Waals surface area contributed by atoms with E-state index < -0.39 is 6.04 Å². The molecule has 1 saturated heterocycles. The molecule has 1 aliphatic heterocycles. The zero-order valence-corrected chi connectivity index (χ0v) is 14.2. The Kier molecular flexibility index (Phi) is 7.22. The first-order chi connectivity index (χ1) is 10.7. The second kappa shape index (κ2) is 9.18. The van der Waals surface area contributed by atoms with Crippen molar-refractivity contribution in [1.82, 2.24) is 4.90 Å². The van der Waals surface area contributed by atoms with Crippen LogP contribution < -0.4 is 11.1 Å². The number of carbonyl (C=O) groups is 1. The first kappa shape index (κ1) is 17.3. The third-order valence-electron chi connectivity index (χ3n) is 4.09. The van der Waals surface area contributed by atoms with E-state index in [0.29, 0.717) is 6.42 Å². The number of para-hydroxylation sites is 1. The molecule has 1 fully saturated rings. The number of likely N-dealkylation sites (tertiary alicyclic amines) is 1. The molecule has 2 rings (SSSR count). The SMILES string of the molecule is CSCC[C@H](N)C(=O)Nc1ccccc1CN1CCCCC1. The van der Waals surface area contributed by atoms with Crippen molar-refractivity contribution >= 4 is 23.4 Å². The van der Waals surface area contributed by atoms with Gasteiger partial charge in [-0.05, 0) is 56.0 Å². The van der Waals surface area contributed by atoms with Gasteiger partial charge < -0.3 is 11.1 Å². The lowest BCUT2D eigenvalue weighted by Gasteiger charge is -2.27. The van der Waals surface area contributed by atoms with Crippen molar-refractivity contribution < 1.29 is 4.79 Å². The van der Waals surface area contributed by atoms with E-state index in [4.69, 9.17) is 5.73 Å². The van der Waals surface area contributed by atoms with Crippen LogP contribution in [0.5, 0.6) is 0 Å². The molecule has 0 saturated carbocycles. The minimum Gasteiger partial charge on any atom is -0.324 e. The molecule has 122 valence electrons. The highest BCUT2D eigenvalue weighted by atomic mass is 32.2. The van der Waals surface area contributed by atoms with Gasteiger partial charge in [0, 0.05) is 12.2 Å². The Labute approximate surface area is 137 Å². The molecule has 1 atom stereocenters. The quantitative estimate of drug-likeness (QED) is 0.811. The van der Waals surface area contributed by atoms with Crippen LogP contribution in [-0.4, -0.2) is 41.9 Å². The van der Waals surface area contributed by atoms with Crippen LogP contribution in [0.25, 0.3) is 0 Å². The predicted molar refractivity (Wildman–Crippen MR) is 95.2 cm³/mol.